The van der Waals surface area contributed by atoms with Crippen molar-refractivity contribution in [2.45, 2.75) is 25.7 Å². The highest BCUT2D eigenvalue weighted by atomic mass is 15.1. The van der Waals surface area contributed by atoms with E-state index in [1.807, 2.05) is 12.4 Å². The summed E-state index contributed by atoms with van der Waals surface area (Å²) in [6.07, 6.45) is 9.09. The third-order valence-electron chi connectivity index (χ3n) is 4.45. The van der Waals surface area contributed by atoms with Crippen LogP contribution in [0.4, 0.5) is 5.69 Å². The summed E-state index contributed by atoms with van der Waals surface area (Å²) >= 11 is 0. The quantitative estimate of drug-likeness (QED) is 0.739. The van der Waals surface area contributed by atoms with E-state index < -0.39 is 0 Å². The summed E-state index contributed by atoms with van der Waals surface area (Å²) < 4.78 is 0. The van der Waals surface area contributed by atoms with Gasteiger partial charge in [-0.15, -0.1) is 0 Å². The van der Waals surface area contributed by atoms with Gasteiger partial charge in [0.15, 0.2) is 0 Å². The van der Waals surface area contributed by atoms with Crippen LogP contribution >= 0.6 is 0 Å². The highest BCUT2D eigenvalue weighted by Crippen LogP contribution is 2.40. The van der Waals surface area contributed by atoms with Gasteiger partial charge in [0.1, 0.15) is 0 Å². The van der Waals surface area contributed by atoms with Gasteiger partial charge < -0.3 is 4.90 Å². The molecular formula is C14H20N3. The van der Waals surface area contributed by atoms with Crippen LogP contribution in [0.15, 0.2) is 24.5 Å². The molecule has 2 aliphatic rings. The van der Waals surface area contributed by atoms with Crippen molar-refractivity contribution in [2.75, 3.05) is 31.1 Å². The van der Waals surface area contributed by atoms with Crippen LogP contribution in [0.5, 0.6) is 0 Å². The average molecular weight is 230 g/mol. The zero-order valence-corrected chi connectivity index (χ0v) is 10.3. The minimum Gasteiger partial charge on any atom is -0.371 e. The second-order valence-electron chi connectivity index (χ2n) is 5.36. The van der Waals surface area contributed by atoms with Crippen LogP contribution in [0.2, 0.25) is 0 Å². The summed E-state index contributed by atoms with van der Waals surface area (Å²) in [6.45, 7) is 4.58. The summed E-state index contributed by atoms with van der Waals surface area (Å²) in [6, 6.07) is 4.24. The summed E-state index contributed by atoms with van der Waals surface area (Å²) in [7, 11) is 0. The first-order chi connectivity index (χ1) is 8.38. The highest BCUT2D eigenvalue weighted by molar-refractivity contribution is 5.45. The van der Waals surface area contributed by atoms with Gasteiger partial charge in [-0.25, -0.2) is 5.32 Å². The molecule has 2 aliphatic heterocycles. The van der Waals surface area contributed by atoms with Gasteiger partial charge in [-0.3, -0.25) is 4.98 Å². The van der Waals surface area contributed by atoms with E-state index >= 15 is 0 Å². The second-order valence-corrected chi connectivity index (χ2v) is 5.36. The van der Waals surface area contributed by atoms with Crippen molar-refractivity contribution < 1.29 is 0 Å². The lowest BCUT2D eigenvalue weighted by atomic mass is 9.71. The van der Waals surface area contributed by atoms with E-state index in [0.29, 0.717) is 5.41 Å². The fourth-order valence-corrected chi connectivity index (χ4v) is 3.16. The topological polar surface area (TPSA) is 30.2 Å². The molecule has 91 valence electrons. The lowest BCUT2D eigenvalue weighted by Gasteiger charge is -2.44. The molecule has 1 aromatic rings. The van der Waals surface area contributed by atoms with Crippen LogP contribution in [-0.2, 0) is 0 Å². The molecule has 0 aromatic carbocycles. The summed E-state index contributed by atoms with van der Waals surface area (Å²) in [5.74, 6) is 0. The SMILES string of the molecule is c1cc(N2CCC3(CC[N]CC3)CC2)ccn1. The molecule has 3 heteroatoms. The Morgan fingerprint density at radius 3 is 2.24 bits per heavy atom. The maximum Gasteiger partial charge on any atom is 0.0397 e. The third-order valence-corrected chi connectivity index (χ3v) is 4.45. The number of pyridine rings is 1. The van der Waals surface area contributed by atoms with Gasteiger partial charge in [0, 0.05) is 44.3 Å². The third kappa shape index (κ3) is 2.29. The van der Waals surface area contributed by atoms with E-state index in [2.05, 4.69) is 27.3 Å². The normalized spacial score (nSPS) is 23.9. The van der Waals surface area contributed by atoms with Crippen LogP contribution in [0.1, 0.15) is 25.7 Å². The molecule has 0 N–H and O–H groups in total. The smallest absolute Gasteiger partial charge is 0.0397 e. The molecule has 0 aliphatic carbocycles. The first-order valence-corrected chi connectivity index (χ1v) is 6.66. The van der Waals surface area contributed by atoms with Crippen LogP contribution in [-0.4, -0.2) is 31.2 Å². The van der Waals surface area contributed by atoms with E-state index in [4.69, 9.17) is 0 Å². The zero-order valence-electron chi connectivity index (χ0n) is 10.3. The maximum atomic E-state index is 4.48. The molecule has 1 aromatic heterocycles. The average Bonchev–Trinajstić information content (AvgIpc) is 2.42. The predicted octanol–water partition coefficient (Wildman–Crippen LogP) is 2.07. The summed E-state index contributed by atoms with van der Waals surface area (Å²) in [5, 5.41) is 4.48. The molecule has 2 saturated heterocycles. The maximum absolute atomic E-state index is 4.48. The molecule has 0 amide bonds. The standard InChI is InChI=1S/C14H20N3/c1-7-15-8-2-13(1)17-11-5-14(6-12-17)3-9-16-10-4-14/h1-2,7-8H,3-6,9-12H2. The minimum absolute atomic E-state index is 0.616. The zero-order chi connectivity index (χ0) is 11.6. The minimum atomic E-state index is 0.616. The predicted molar refractivity (Wildman–Crippen MR) is 69.2 cm³/mol. The Kier molecular flexibility index (Phi) is 3.02. The van der Waals surface area contributed by atoms with E-state index in [1.165, 1.54) is 44.5 Å². The summed E-state index contributed by atoms with van der Waals surface area (Å²) in [5.41, 5.74) is 1.95. The molecule has 3 rings (SSSR count). The van der Waals surface area contributed by atoms with E-state index in [0.717, 1.165) is 13.1 Å². The van der Waals surface area contributed by atoms with Crippen LogP contribution in [0.3, 0.4) is 0 Å². The Morgan fingerprint density at radius 1 is 0.941 bits per heavy atom. The number of hydrogen-bond donors (Lipinski definition) is 0. The molecule has 17 heavy (non-hydrogen) atoms. The Balaban J connectivity index is 1.64. The molecular weight excluding hydrogens is 210 g/mol. The molecule has 1 radical (unpaired) electrons. The van der Waals surface area contributed by atoms with Crippen molar-refractivity contribution in [1.29, 1.82) is 0 Å². The first-order valence-electron chi connectivity index (χ1n) is 6.66. The number of piperidine rings is 2. The Hall–Kier alpha value is -1.09. The largest absolute Gasteiger partial charge is 0.371 e. The van der Waals surface area contributed by atoms with Gasteiger partial charge in [0.25, 0.3) is 0 Å². The molecule has 3 heterocycles. The summed E-state index contributed by atoms with van der Waals surface area (Å²) in [4.78, 5) is 6.58. The Bertz CT molecular complexity index is 347. The number of anilines is 1. The van der Waals surface area contributed by atoms with Gasteiger partial charge in [-0.1, -0.05) is 0 Å². The fourth-order valence-electron chi connectivity index (χ4n) is 3.16. The van der Waals surface area contributed by atoms with Crippen molar-refractivity contribution in [3.8, 4) is 0 Å². The van der Waals surface area contributed by atoms with Crippen molar-refractivity contribution in [2.24, 2.45) is 5.41 Å². The molecule has 0 saturated carbocycles. The molecule has 0 atom stereocenters. The van der Waals surface area contributed by atoms with E-state index in [-0.39, 0.29) is 0 Å². The second kappa shape index (κ2) is 4.65. The Morgan fingerprint density at radius 2 is 1.59 bits per heavy atom. The lowest BCUT2D eigenvalue weighted by molar-refractivity contribution is 0.153. The van der Waals surface area contributed by atoms with Crippen molar-refractivity contribution in [3.05, 3.63) is 24.5 Å². The van der Waals surface area contributed by atoms with Crippen molar-refractivity contribution in [3.63, 3.8) is 0 Å². The molecule has 1 spiro atoms. The number of nitrogens with zero attached hydrogens (tertiary/aromatic N) is 3. The van der Waals surface area contributed by atoms with Gasteiger partial charge >= 0.3 is 0 Å². The van der Waals surface area contributed by atoms with Gasteiger partial charge in [0.2, 0.25) is 0 Å². The number of rotatable bonds is 1. The van der Waals surface area contributed by atoms with Crippen LogP contribution < -0.4 is 10.2 Å². The van der Waals surface area contributed by atoms with Gasteiger partial charge in [-0.2, -0.15) is 0 Å². The van der Waals surface area contributed by atoms with Gasteiger partial charge in [-0.05, 0) is 43.2 Å². The molecule has 3 nitrogen and oxygen atoms in total. The molecule has 0 unspecified atom stereocenters. The Labute approximate surface area is 103 Å². The molecule has 0 bridgehead atoms. The van der Waals surface area contributed by atoms with Crippen molar-refractivity contribution >= 4 is 5.69 Å². The number of aromatic nitrogens is 1. The van der Waals surface area contributed by atoms with Crippen LogP contribution in [0.25, 0.3) is 0 Å². The van der Waals surface area contributed by atoms with E-state index in [9.17, 15) is 0 Å². The van der Waals surface area contributed by atoms with Crippen molar-refractivity contribution in [1.82, 2.24) is 10.3 Å². The van der Waals surface area contributed by atoms with Gasteiger partial charge in [0.05, 0.1) is 0 Å². The lowest BCUT2D eigenvalue weighted by Crippen LogP contribution is -2.44. The van der Waals surface area contributed by atoms with Crippen LogP contribution in [0, 0.1) is 5.41 Å². The van der Waals surface area contributed by atoms with E-state index in [1.54, 1.807) is 0 Å². The first kappa shape index (κ1) is 11.0. The number of hydrogen-bond acceptors (Lipinski definition) is 2. The molecule has 2 fully saturated rings. The monoisotopic (exact) mass is 230 g/mol. The highest BCUT2D eigenvalue weighted by Gasteiger charge is 2.35. The fraction of sp³-hybridized carbons (Fsp3) is 0.643.